The Kier molecular flexibility index (Phi) is 4.46. The molecular formula is C16H24N2O. The van der Waals surface area contributed by atoms with Gasteiger partial charge in [0.15, 0.2) is 0 Å². The zero-order valence-corrected chi connectivity index (χ0v) is 11.9. The molecule has 1 saturated carbocycles. The molecule has 0 heterocycles. The number of nitrogens with one attached hydrogen (secondary N) is 1. The number of benzene rings is 1. The quantitative estimate of drug-likeness (QED) is 0.874. The maximum absolute atomic E-state index is 10.9. The second-order valence-corrected chi connectivity index (χ2v) is 5.86. The van der Waals surface area contributed by atoms with Crippen LogP contribution in [0.5, 0.6) is 0 Å². The van der Waals surface area contributed by atoms with Crippen LogP contribution in [0, 0.1) is 11.8 Å². The Labute approximate surface area is 115 Å². The van der Waals surface area contributed by atoms with Gasteiger partial charge in [-0.15, -0.1) is 0 Å². The number of anilines is 1. The van der Waals surface area contributed by atoms with Crippen molar-refractivity contribution in [1.29, 1.82) is 0 Å². The minimum Gasteiger partial charge on any atom is -0.382 e. The van der Waals surface area contributed by atoms with Crippen molar-refractivity contribution in [2.75, 3.05) is 5.32 Å². The van der Waals surface area contributed by atoms with Crippen LogP contribution in [-0.4, -0.2) is 11.9 Å². The molecule has 1 aromatic rings. The minimum absolute atomic E-state index is 0.282. The largest absolute Gasteiger partial charge is 0.382 e. The molecule has 0 aliphatic heterocycles. The molecule has 1 aromatic carbocycles. The van der Waals surface area contributed by atoms with Crippen molar-refractivity contribution in [2.24, 2.45) is 17.6 Å². The lowest BCUT2D eigenvalue weighted by atomic mass is 9.78. The van der Waals surface area contributed by atoms with E-state index in [1.807, 2.05) is 24.3 Å². The molecule has 1 aliphatic carbocycles. The third-order valence-electron chi connectivity index (χ3n) is 4.39. The van der Waals surface area contributed by atoms with E-state index in [9.17, 15) is 4.79 Å². The van der Waals surface area contributed by atoms with E-state index >= 15 is 0 Å². The number of nitrogens with two attached hydrogens (primary N) is 1. The smallest absolute Gasteiger partial charge is 0.221 e. The Bertz CT molecular complexity index is 427. The van der Waals surface area contributed by atoms with Crippen molar-refractivity contribution in [3.63, 3.8) is 0 Å². The van der Waals surface area contributed by atoms with Gasteiger partial charge in [-0.3, -0.25) is 4.79 Å². The van der Waals surface area contributed by atoms with Gasteiger partial charge in [0.25, 0.3) is 0 Å². The highest BCUT2D eigenvalue weighted by Gasteiger charge is 2.26. The summed E-state index contributed by atoms with van der Waals surface area (Å²) in [4.78, 5) is 10.9. The molecule has 2 rings (SSSR count). The fraction of sp³-hybridized carbons (Fsp3) is 0.562. The molecule has 19 heavy (non-hydrogen) atoms. The first kappa shape index (κ1) is 13.9. The zero-order chi connectivity index (χ0) is 13.8. The first-order valence-corrected chi connectivity index (χ1v) is 7.20. The summed E-state index contributed by atoms with van der Waals surface area (Å²) < 4.78 is 0. The van der Waals surface area contributed by atoms with E-state index in [4.69, 9.17) is 5.73 Å². The van der Waals surface area contributed by atoms with Crippen LogP contribution in [-0.2, 0) is 11.2 Å². The molecule has 0 saturated heterocycles. The molecule has 0 aromatic heterocycles. The van der Waals surface area contributed by atoms with Gasteiger partial charge in [-0.1, -0.05) is 38.8 Å². The van der Waals surface area contributed by atoms with Gasteiger partial charge in [0.2, 0.25) is 5.91 Å². The van der Waals surface area contributed by atoms with Gasteiger partial charge in [0.05, 0.1) is 6.42 Å². The minimum atomic E-state index is -0.282. The maximum atomic E-state index is 10.9. The summed E-state index contributed by atoms with van der Waals surface area (Å²) in [5.41, 5.74) is 7.30. The van der Waals surface area contributed by atoms with Crippen LogP contribution in [0.3, 0.4) is 0 Å². The molecule has 1 amide bonds. The lowest BCUT2D eigenvalue weighted by Crippen LogP contribution is -2.34. The standard InChI is InChI=1S/C16H24N2O/c1-11-4-3-5-15(12(11)2)18-14-8-6-13(7-9-14)10-16(17)19/h6-9,11-12,15,18H,3-5,10H2,1-2H3,(H2,17,19). The maximum Gasteiger partial charge on any atom is 0.221 e. The van der Waals surface area contributed by atoms with Crippen molar-refractivity contribution in [3.8, 4) is 0 Å². The fourth-order valence-corrected chi connectivity index (χ4v) is 2.92. The monoisotopic (exact) mass is 260 g/mol. The van der Waals surface area contributed by atoms with Crippen LogP contribution in [0.15, 0.2) is 24.3 Å². The van der Waals surface area contributed by atoms with Gasteiger partial charge in [0, 0.05) is 11.7 Å². The van der Waals surface area contributed by atoms with Crippen molar-refractivity contribution < 1.29 is 4.79 Å². The van der Waals surface area contributed by atoms with Crippen molar-refractivity contribution >= 4 is 11.6 Å². The average Bonchev–Trinajstić information content (AvgIpc) is 2.37. The summed E-state index contributed by atoms with van der Waals surface area (Å²) in [7, 11) is 0. The van der Waals surface area contributed by atoms with E-state index < -0.39 is 0 Å². The normalized spacial score (nSPS) is 26.9. The lowest BCUT2D eigenvalue weighted by Gasteiger charge is -2.35. The van der Waals surface area contributed by atoms with E-state index in [-0.39, 0.29) is 5.91 Å². The molecule has 3 N–H and O–H groups in total. The lowest BCUT2D eigenvalue weighted by molar-refractivity contribution is -0.117. The Balaban J connectivity index is 1.97. The van der Waals surface area contributed by atoms with Crippen LogP contribution >= 0.6 is 0 Å². The van der Waals surface area contributed by atoms with E-state index in [2.05, 4.69) is 19.2 Å². The van der Waals surface area contributed by atoms with Crippen LogP contribution in [0.1, 0.15) is 38.7 Å². The first-order valence-electron chi connectivity index (χ1n) is 7.20. The van der Waals surface area contributed by atoms with E-state index in [1.54, 1.807) is 0 Å². The topological polar surface area (TPSA) is 55.1 Å². The highest BCUT2D eigenvalue weighted by Crippen LogP contribution is 2.31. The SMILES string of the molecule is CC1CCCC(Nc2ccc(CC(N)=O)cc2)C1C. The average molecular weight is 260 g/mol. The van der Waals surface area contributed by atoms with Crippen molar-refractivity contribution in [1.82, 2.24) is 0 Å². The second-order valence-electron chi connectivity index (χ2n) is 5.86. The van der Waals surface area contributed by atoms with Crippen molar-refractivity contribution in [3.05, 3.63) is 29.8 Å². The Morgan fingerprint density at radius 3 is 2.58 bits per heavy atom. The number of rotatable bonds is 4. The summed E-state index contributed by atoms with van der Waals surface area (Å²) in [6.07, 6.45) is 4.21. The summed E-state index contributed by atoms with van der Waals surface area (Å²) in [6.45, 7) is 4.68. The van der Waals surface area contributed by atoms with Gasteiger partial charge in [-0.25, -0.2) is 0 Å². The highest BCUT2D eigenvalue weighted by atomic mass is 16.1. The molecule has 3 unspecified atom stereocenters. The molecular weight excluding hydrogens is 236 g/mol. The van der Waals surface area contributed by atoms with Gasteiger partial charge in [-0.2, -0.15) is 0 Å². The number of carbonyl (C=O) groups is 1. The molecule has 0 spiro atoms. The Hall–Kier alpha value is -1.51. The molecule has 0 bridgehead atoms. The molecule has 1 fully saturated rings. The molecule has 0 radical (unpaired) electrons. The summed E-state index contributed by atoms with van der Waals surface area (Å²) in [5, 5.41) is 3.63. The zero-order valence-electron chi connectivity index (χ0n) is 11.9. The predicted octanol–water partition coefficient (Wildman–Crippen LogP) is 2.95. The van der Waals surface area contributed by atoms with Gasteiger partial charge >= 0.3 is 0 Å². The third kappa shape index (κ3) is 3.72. The Morgan fingerprint density at radius 1 is 1.26 bits per heavy atom. The number of carbonyl (C=O) groups excluding carboxylic acids is 1. The molecule has 3 heteroatoms. The predicted molar refractivity (Wildman–Crippen MR) is 78.9 cm³/mol. The second kappa shape index (κ2) is 6.09. The fourth-order valence-electron chi connectivity index (χ4n) is 2.92. The van der Waals surface area contributed by atoms with Crippen molar-refractivity contribution in [2.45, 2.75) is 45.6 Å². The first-order chi connectivity index (χ1) is 9.06. The van der Waals surface area contributed by atoms with Crippen LogP contribution in [0.4, 0.5) is 5.69 Å². The van der Waals surface area contributed by atoms with E-state index in [1.165, 1.54) is 19.3 Å². The van der Waals surface area contributed by atoms with Gasteiger partial charge in [0.1, 0.15) is 0 Å². The van der Waals surface area contributed by atoms with Crippen LogP contribution in [0.25, 0.3) is 0 Å². The summed E-state index contributed by atoms with van der Waals surface area (Å²) in [6, 6.07) is 8.61. The van der Waals surface area contributed by atoms with Gasteiger partial charge in [-0.05, 0) is 36.0 Å². The summed E-state index contributed by atoms with van der Waals surface area (Å²) in [5.74, 6) is 1.22. The Morgan fingerprint density at radius 2 is 1.95 bits per heavy atom. The number of hydrogen-bond acceptors (Lipinski definition) is 2. The molecule has 3 atom stereocenters. The van der Waals surface area contributed by atoms with Crippen LogP contribution < -0.4 is 11.1 Å². The number of primary amides is 1. The van der Waals surface area contributed by atoms with Crippen LogP contribution in [0.2, 0.25) is 0 Å². The van der Waals surface area contributed by atoms with Gasteiger partial charge < -0.3 is 11.1 Å². The highest BCUT2D eigenvalue weighted by molar-refractivity contribution is 5.76. The number of hydrogen-bond donors (Lipinski definition) is 2. The summed E-state index contributed by atoms with van der Waals surface area (Å²) >= 11 is 0. The molecule has 104 valence electrons. The molecule has 3 nitrogen and oxygen atoms in total. The molecule has 1 aliphatic rings. The number of amides is 1. The van der Waals surface area contributed by atoms with E-state index in [0.717, 1.165) is 17.2 Å². The third-order valence-corrected chi connectivity index (χ3v) is 4.39. The van der Waals surface area contributed by atoms with E-state index in [0.29, 0.717) is 18.4 Å².